The van der Waals surface area contributed by atoms with Crippen LogP contribution in [0.2, 0.25) is 0 Å². The number of piperidine rings is 1. The van der Waals surface area contributed by atoms with Gasteiger partial charge in [0.25, 0.3) is 11.8 Å². The van der Waals surface area contributed by atoms with Crippen molar-refractivity contribution < 1.29 is 19.1 Å². The Labute approximate surface area is 211 Å². The van der Waals surface area contributed by atoms with Crippen molar-refractivity contribution >= 4 is 17.5 Å². The van der Waals surface area contributed by atoms with Gasteiger partial charge in [-0.3, -0.25) is 9.59 Å². The zero-order valence-corrected chi connectivity index (χ0v) is 20.5. The summed E-state index contributed by atoms with van der Waals surface area (Å²) in [7, 11) is 0. The third-order valence-electron chi connectivity index (χ3n) is 6.83. The molecule has 0 aliphatic carbocycles. The Morgan fingerprint density at radius 1 is 0.944 bits per heavy atom. The fourth-order valence-corrected chi connectivity index (χ4v) is 4.80. The maximum Gasteiger partial charge on any atom is 0.256 e. The summed E-state index contributed by atoms with van der Waals surface area (Å²) in [6.07, 6.45) is 1.61. The lowest BCUT2D eigenvalue weighted by Gasteiger charge is -2.35. The zero-order chi connectivity index (χ0) is 24.9. The minimum atomic E-state index is -0.109. The molecular formula is C29H31N3O4. The number of para-hydroxylation sites is 1. The summed E-state index contributed by atoms with van der Waals surface area (Å²) >= 11 is 0. The molecule has 0 spiro atoms. The molecule has 0 atom stereocenters. The molecule has 7 nitrogen and oxygen atoms in total. The highest BCUT2D eigenvalue weighted by molar-refractivity contribution is 6.00. The number of carbonyl (C=O) groups excluding carboxylic acids is 2. The first-order chi connectivity index (χ1) is 17.6. The standard InChI is InChI=1S/C29H31N3O4/c1-2-31(19-21-8-4-3-5-9-21)29(34)24-10-6-7-11-25(24)32-16-14-23(15-17-32)30-28(33)22-12-13-26-27(18-22)36-20-35-26/h3-13,18,23H,2,14-17,19-20H2,1H3,(H,30,33). The molecule has 3 aromatic rings. The SMILES string of the molecule is CCN(Cc1ccccc1)C(=O)c1ccccc1N1CCC(NC(=O)c2ccc3c(c2)OCO3)CC1. The second-order valence-corrected chi connectivity index (χ2v) is 9.12. The molecule has 0 saturated carbocycles. The second-order valence-electron chi connectivity index (χ2n) is 9.12. The van der Waals surface area contributed by atoms with Crippen LogP contribution in [0.1, 0.15) is 46.0 Å². The van der Waals surface area contributed by atoms with Crippen LogP contribution in [0.3, 0.4) is 0 Å². The highest BCUT2D eigenvalue weighted by Gasteiger charge is 2.26. The molecule has 2 amide bonds. The number of rotatable bonds is 7. The lowest BCUT2D eigenvalue weighted by Crippen LogP contribution is -2.45. The van der Waals surface area contributed by atoms with Crippen LogP contribution in [0, 0.1) is 0 Å². The van der Waals surface area contributed by atoms with Crippen molar-refractivity contribution in [2.45, 2.75) is 32.4 Å². The fraction of sp³-hybridized carbons (Fsp3) is 0.310. The van der Waals surface area contributed by atoms with Crippen molar-refractivity contribution in [3.8, 4) is 11.5 Å². The molecule has 1 fully saturated rings. The van der Waals surface area contributed by atoms with Gasteiger partial charge in [0.15, 0.2) is 11.5 Å². The van der Waals surface area contributed by atoms with Gasteiger partial charge in [-0.05, 0) is 55.7 Å². The quantitative estimate of drug-likeness (QED) is 0.535. The van der Waals surface area contributed by atoms with E-state index < -0.39 is 0 Å². The van der Waals surface area contributed by atoms with E-state index in [4.69, 9.17) is 9.47 Å². The Morgan fingerprint density at radius 3 is 2.44 bits per heavy atom. The van der Waals surface area contributed by atoms with Gasteiger partial charge in [-0.15, -0.1) is 0 Å². The minimum Gasteiger partial charge on any atom is -0.454 e. The third-order valence-corrected chi connectivity index (χ3v) is 6.83. The molecule has 1 N–H and O–H groups in total. The van der Waals surface area contributed by atoms with Crippen LogP contribution in [0.5, 0.6) is 11.5 Å². The van der Waals surface area contributed by atoms with Gasteiger partial charge < -0.3 is 24.6 Å². The van der Waals surface area contributed by atoms with Crippen molar-refractivity contribution in [3.05, 3.63) is 89.5 Å². The van der Waals surface area contributed by atoms with Gasteiger partial charge >= 0.3 is 0 Å². The van der Waals surface area contributed by atoms with Crippen LogP contribution in [0.4, 0.5) is 5.69 Å². The molecule has 0 radical (unpaired) electrons. The van der Waals surface area contributed by atoms with Gasteiger partial charge in [0.05, 0.1) is 5.56 Å². The van der Waals surface area contributed by atoms with Crippen LogP contribution in [0.15, 0.2) is 72.8 Å². The summed E-state index contributed by atoms with van der Waals surface area (Å²) < 4.78 is 10.7. The van der Waals surface area contributed by atoms with Crippen LogP contribution >= 0.6 is 0 Å². The zero-order valence-electron chi connectivity index (χ0n) is 20.5. The topological polar surface area (TPSA) is 71.1 Å². The van der Waals surface area contributed by atoms with E-state index in [0.29, 0.717) is 30.2 Å². The Bertz CT molecular complexity index is 1220. The van der Waals surface area contributed by atoms with Crippen LogP contribution in [0.25, 0.3) is 0 Å². The number of amides is 2. The molecule has 0 aromatic heterocycles. The van der Waals surface area contributed by atoms with E-state index in [9.17, 15) is 9.59 Å². The predicted molar refractivity (Wildman–Crippen MR) is 139 cm³/mol. The Morgan fingerprint density at radius 2 is 1.67 bits per heavy atom. The summed E-state index contributed by atoms with van der Waals surface area (Å²) in [4.78, 5) is 30.4. The molecule has 0 unspecified atom stereocenters. The molecule has 7 heteroatoms. The smallest absolute Gasteiger partial charge is 0.256 e. The van der Waals surface area contributed by atoms with E-state index in [1.807, 2.05) is 66.4 Å². The maximum absolute atomic E-state index is 13.5. The predicted octanol–water partition coefficient (Wildman–Crippen LogP) is 4.48. The summed E-state index contributed by atoms with van der Waals surface area (Å²) in [5.74, 6) is 1.20. The van der Waals surface area contributed by atoms with E-state index in [1.165, 1.54) is 0 Å². The number of fused-ring (bicyclic) bond motifs is 1. The summed E-state index contributed by atoms with van der Waals surface area (Å²) in [6.45, 7) is 4.94. The molecule has 1 saturated heterocycles. The van der Waals surface area contributed by atoms with Gasteiger partial charge in [0.2, 0.25) is 6.79 Å². The number of benzene rings is 3. The molecular weight excluding hydrogens is 454 g/mol. The van der Waals surface area contributed by atoms with Crippen molar-refractivity contribution in [1.82, 2.24) is 10.2 Å². The molecule has 0 bridgehead atoms. The number of carbonyl (C=O) groups is 2. The third kappa shape index (κ3) is 5.15. The van der Waals surface area contributed by atoms with Crippen molar-refractivity contribution in [1.29, 1.82) is 0 Å². The summed E-state index contributed by atoms with van der Waals surface area (Å²) in [5, 5.41) is 3.15. The van der Waals surface area contributed by atoms with Crippen molar-refractivity contribution in [3.63, 3.8) is 0 Å². The molecule has 2 heterocycles. The molecule has 5 rings (SSSR count). The number of nitrogens with zero attached hydrogens (tertiary/aromatic N) is 2. The van der Waals surface area contributed by atoms with Crippen LogP contribution in [-0.2, 0) is 6.54 Å². The first-order valence-corrected chi connectivity index (χ1v) is 12.5. The van der Waals surface area contributed by atoms with E-state index >= 15 is 0 Å². The highest BCUT2D eigenvalue weighted by atomic mass is 16.7. The Kier molecular flexibility index (Phi) is 7.07. The largest absolute Gasteiger partial charge is 0.454 e. The highest BCUT2D eigenvalue weighted by Crippen LogP contribution is 2.32. The lowest BCUT2D eigenvalue weighted by atomic mass is 10.0. The van der Waals surface area contributed by atoms with Gasteiger partial charge in [0, 0.05) is 43.5 Å². The van der Waals surface area contributed by atoms with Crippen LogP contribution in [-0.4, -0.2) is 49.2 Å². The molecule has 2 aliphatic rings. The summed E-state index contributed by atoms with van der Waals surface area (Å²) in [5.41, 5.74) is 3.35. The maximum atomic E-state index is 13.5. The van der Waals surface area contributed by atoms with Crippen molar-refractivity contribution in [2.75, 3.05) is 31.3 Å². The van der Waals surface area contributed by atoms with Gasteiger partial charge in [0.1, 0.15) is 0 Å². The van der Waals surface area contributed by atoms with Crippen LogP contribution < -0.4 is 19.7 Å². The first-order valence-electron chi connectivity index (χ1n) is 12.5. The minimum absolute atomic E-state index is 0.0372. The molecule has 3 aromatic carbocycles. The average molecular weight is 486 g/mol. The lowest BCUT2D eigenvalue weighted by molar-refractivity contribution is 0.0753. The Hall–Kier alpha value is -4.00. The van der Waals surface area contributed by atoms with E-state index in [-0.39, 0.29) is 24.6 Å². The van der Waals surface area contributed by atoms with Crippen molar-refractivity contribution in [2.24, 2.45) is 0 Å². The number of hydrogen-bond acceptors (Lipinski definition) is 5. The monoisotopic (exact) mass is 485 g/mol. The molecule has 2 aliphatic heterocycles. The number of ether oxygens (including phenoxy) is 2. The molecule has 36 heavy (non-hydrogen) atoms. The fourth-order valence-electron chi connectivity index (χ4n) is 4.80. The number of hydrogen-bond donors (Lipinski definition) is 1. The Balaban J connectivity index is 1.22. The van der Waals surface area contributed by atoms with Gasteiger partial charge in [-0.25, -0.2) is 0 Å². The first kappa shape index (κ1) is 23.7. The number of nitrogens with one attached hydrogen (secondary N) is 1. The van der Waals surface area contributed by atoms with Gasteiger partial charge in [-0.1, -0.05) is 42.5 Å². The second kappa shape index (κ2) is 10.7. The summed E-state index contributed by atoms with van der Waals surface area (Å²) in [6, 6.07) is 23.2. The normalized spacial score (nSPS) is 15.0. The van der Waals surface area contributed by atoms with E-state index in [1.54, 1.807) is 18.2 Å². The van der Waals surface area contributed by atoms with E-state index in [0.717, 1.165) is 42.7 Å². The molecule has 186 valence electrons. The average Bonchev–Trinajstić information content (AvgIpc) is 3.40. The number of anilines is 1. The van der Waals surface area contributed by atoms with Gasteiger partial charge in [-0.2, -0.15) is 0 Å². The van der Waals surface area contributed by atoms with E-state index in [2.05, 4.69) is 10.2 Å².